The smallest absolute Gasteiger partial charge is 0.129 e. The SMILES string of the molecule is Cc1cc(F)c(C(C)(CO)Nc2cccc(Cl)c2)cc1F. The Hall–Kier alpha value is -1.65. The highest BCUT2D eigenvalue weighted by Crippen LogP contribution is 2.30. The third-order valence-corrected chi connectivity index (χ3v) is 3.64. The molecule has 0 heterocycles. The zero-order valence-corrected chi connectivity index (χ0v) is 12.5. The summed E-state index contributed by atoms with van der Waals surface area (Å²) in [5.74, 6) is -1.08. The minimum absolute atomic E-state index is 0.0630. The van der Waals surface area contributed by atoms with Crippen LogP contribution in [-0.2, 0) is 5.54 Å². The van der Waals surface area contributed by atoms with Gasteiger partial charge >= 0.3 is 0 Å². The number of nitrogens with one attached hydrogen (secondary N) is 1. The molecule has 0 aliphatic rings. The second-order valence-corrected chi connectivity index (χ2v) is 5.64. The number of anilines is 1. The van der Waals surface area contributed by atoms with Crippen molar-refractivity contribution in [3.8, 4) is 0 Å². The van der Waals surface area contributed by atoms with Crippen LogP contribution in [0.15, 0.2) is 36.4 Å². The fourth-order valence-corrected chi connectivity index (χ4v) is 2.34. The minimum Gasteiger partial charge on any atom is -0.394 e. The average molecular weight is 312 g/mol. The first-order chi connectivity index (χ1) is 9.85. The van der Waals surface area contributed by atoms with Gasteiger partial charge in [-0.2, -0.15) is 0 Å². The fourth-order valence-electron chi connectivity index (χ4n) is 2.15. The molecule has 1 unspecified atom stereocenters. The standard InChI is InChI=1S/C16H16ClF2NO/c1-10-6-15(19)13(8-14(10)18)16(2,9-21)20-12-5-3-4-11(17)7-12/h3-8,20-21H,9H2,1-2H3. The van der Waals surface area contributed by atoms with E-state index in [-0.39, 0.29) is 11.1 Å². The monoisotopic (exact) mass is 311 g/mol. The Balaban J connectivity index is 2.44. The average Bonchev–Trinajstić information content (AvgIpc) is 2.42. The van der Waals surface area contributed by atoms with Gasteiger partial charge in [-0.25, -0.2) is 8.78 Å². The Kier molecular flexibility index (Phi) is 4.49. The summed E-state index contributed by atoms with van der Waals surface area (Å²) in [5, 5.41) is 13.2. The minimum atomic E-state index is -1.16. The number of hydrogen-bond acceptors (Lipinski definition) is 2. The van der Waals surface area contributed by atoms with E-state index in [0.717, 1.165) is 12.1 Å². The molecule has 0 aliphatic carbocycles. The topological polar surface area (TPSA) is 32.3 Å². The van der Waals surface area contributed by atoms with Crippen LogP contribution in [0.3, 0.4) is 0 Å². The van der Waals surface area contributed by atoms with E-state index in [2.05, 4.69) is 5.32 Å². The summed E-state index contributed by atoms with van der Waals surface area (Å²) < 4.78 is 27.9. The van der Waals surface area contributed by atoms with E-state index >= 15 is 0 Å². The molecule has 0 saturated carbocycles. The molecule has 2 N–H and O–H groups in total. The first-order valence-electron chi connectivity index (χ1n) is 6.46. The Morgan fingerprint density at radius 1 is 1.19 bits per heavy atom. The van der Waals surface area contributed by atoms with Gasteiger partial charge in [0.15, 0.2) is 0 Å². The van der Waals surface area contributed by atoms with Crippen LogP contribution < -0.4 is 5.32 Å². The lowest BCUT2D eigenvalue weighted by molar-refractivity contribution is 0.220. The van der Waals surface area contributed by atoms with Crippen LogP contribution in [0.5, 0.6) is 0 Å². The first kappa shape index (κ1) is 15.7. The van der Waals surface area contributed by atoms with E-state index in [4.69, 9.17) is 11.6 Å². The first-order valence-corrected chi connectivity index (χ1v) is 6.84. The van der Waals surface area contributed by atoms with E-state index in [9.17, 15) is 13.9 Å². The molecule has 21 heavy (non-hydrogen) atoms. The van der Waals surface area contributed by atoms with E-state index in [1.807, 2.05) is 0 Å². The van der Waals surface area contributed by atoms with Crippen LogP contribution in [0.1, 0.15) is 18.1 Å². The maximum Gasteiger partial charge on any atom is 0.129 e. The maximum absolute atomic E-state index is 14.2. The Labute approximate surface area is 127 Å². The maximum atomic E-state index is 14.2. The number of hydrogen-bond donors (Lipinski definition) is 2. The number of benzene rings is 2. The van der Waals surface area contributed by atoms with Crippen molar-refractivity contribution in [3.63, 3.8) is 0 Å². The van der Waals surface area contributed by atoms with Crippen molar-refractivity contribution in [2.45, 2.75) is 19.4 Å². The molecule has 2 aromatic carbocycles. The summed E-state index contributed by atoms with van der Waals surface area (Å²) in [6.45, 7) is 2.68. The number of aliphatic hydroxyl groups excluding tert-OH is 1. The number of halogens is 3. The number of rotatable bonds is 4. The third-order valence-electron chi connectivity index (χ3n) is 3.40. The van der Waals surface area contributed by atoms with E-state index in [1.165, 1.54) is 6.92 Å². The van der Waals surface area contributed by atoms with Crippen molar-refractivity contribution >= 4 is 17.3 Å². The summed E-state index contributed by atoms with van der Waals surface area (Å²) in [4.78, 5) is 0. The Morgan fingerprint density at radius 3 is 2.52 bits per heavy atom. The zero-order chi connectivity index (χ0) is 15.6. The van der Waals surface area contributed by atoms with Crippen LogP contribution in [0.25, 0.3) is 0 Å². The lowest BCUT2D eigenvalue weighted by Crippen LogP contribution is -2.37. The van der Waals surface area contributed by atoms with E-state index in [1.54, 1.807) is 31.2 Å². The van der Waals surface area contributed by atoms with Crippen molar-refractivity contribution in [2.75, 3.05) is 11.9 Å². The predicted molar refractivity (Wildman–Crippen MR) is 80.6 cm³/mol. The molecule has 0 saturated heterocycles. The quantitative estimate of drug-likeness (QED) is 0.885. The molecular formula is C16H16ClF2NO. The molecule has 2 nitrogen and oxygen atoms in total. The molecule has 2 aromatic rings. The van der Waals surface area contributed by atoms with Gasteiger partial charge in [0, 0.05) is 16.3 Å². The normalized spacial score (nSPS) is 13.8. The summed E-state index contributed by atoms with van der Waals surface area (Å²) >= 11 is 5.90. The highest BCUT2D eigenvalue weighted by atomic mass is 35.5. The largest absolute Gasteiger partial charge is 0.394 e. The van der Waals surface area contributed by atoms with Gasteiger partial charge in [0.25, 0.3) is 0 Å². The van der Waals surface area contributed by atoms with Gasteiger partial charge in [-0.05, 0) is 49.7 Å². The molecule has 0 aliphatic heterocycles. The molecule has 0 fully saturated rings. The van der Waals surface area contributed by atoms with Gasteiger partial charge in [0.2, 0.25) is 0 Å². The van der Waals surface area contributed by atoms with Gasteiger partial charge in [-0.15, -0.1) is 0 Å². The van der Waals surface area contributed by atoms with Crippen molar-refractivity contribution in [2.24, 2.45) is 0 Å². The second kappa shape index (κ2) is 6.00. The highest BCUT2D eigenvalue weighted by molar-refractivity contribution is 6.30. The van der Waals surface area contributed by atoms with Gasteiger partial charge in [-0.1, -0.05) is 17.7 Å². The molecular weight excluding hydrogens is 296 g/mol. The number of aliphatic hydroxyl groups is 1. The molecule has 0 spiro atoms. The molecule has 5 heteroatoms. The highest BCUT2D eigenvalue weighted by Gasteiger charge is 2.30. The molecule has 0 aromatic heterocycles. The summed E-state index contributed by atoms with van der Waals surface area (Å²) in [6, 6.07) is 9.06. The van der Waals surface area contributed by atoms with Crippen molar-refractivity contribution in [3.05, 3.63) is 64.2 Å². The Morgan fingerprint density at radius 2 is 1.90 bits per heavy atom. The number of aryl methyl sites for hydroxylation is 1. The summed E-state index contributed by atoms with van der Waals surface area (Å²) in [6.07, 6.45) is 0. The Bertz CT molecular complexity index is 663. The van der Waals surface area contributed by atoms with Crippen molar-refractivity contribution < 1.29 is 13.9 Å². The van der Waals surface area contributed by atoms with Crippen LogP contribution in [0.4, 0.5) is 14.5 Å². The molecule has 0 radical (unpaired) electrons. The lowest BCUT2D eigenvalue weighted by Gasteiger charge is -2.31. The van der Waals surface area contributed by atoms with Gasteiger partial charge in [-0.3, -0.25) is 0 Å². The molecule has 1 atom stereocenters. The van der Waals surface area contributed by atoms with Gasteiger partial charge in [0.1, 0.15) is 11.6 Å². The van der Waals surface area contributed by atoms with Crippen LogP contribution >= 0.6 is 11.6 Å². The third kappa shape index (κ3) is 3.34. The molecule has 112 valence electrons. The van der Waals surface area contributed by atoms with Crippen molar-refractivity contribution in [1.82, 2.24) is 0 Å². The van der Waals surface area contributed by atoms with E-state index in [0.29, 0.717) is 10.7 Å². The predicted octanol–water partition coefficient (Wildman–Crippen LogP) is 4.25. The molecule has 2 rings (SSSR count). The fraction of sp³-hybridized carbons (Fsp3) is 0.250. The van der Waals surface area contributed by atoms with Gasteiger partial charge < -0.3 is 10.4 Å². The molecule has 0 bridgehead atoms. The van der Waals surface area contributed by atoms with Crippen LogP contribution in [-0.4, -0.2) is 11.7 Å². The lowest BCUT2D eigenvalue weighted by atomic mass is 9.91. The molecule has 0 amide bonds. The summed E-state index contributed by atoms with van der Waals surface area (Å²) in [5.41, 5.74) is -0.268. The van der Waals surface area contributed by atoms with Crippen molar-refractivity contribution in [1.29, 1.82) is 0 Å². The zero-order valence-electron chi connectivity index (χ0n) is 11.8. The van der Waals surface area contributed by atoms with Crippen LogP contribution in [0.2, 0.25) is 5.02 Å². The second-order valence-electron chi connectivity index (χ2n) is 5.21. The summed E-state index contributed by atoms with van der Waals surface area (Å²) in [7, 11) is 0. The van der Waals surface area contributed by atoms with E-state index < -0.39 is 23.8 Å². The van der Waals surface area contributed by atoms with Gasteiger partial charge in [0.05, 0.1) is 12.1 Å². The van der Waals surface area contributed by atoms with Crippen LogP contribution in [0, 0.1) is 18.6 Å².